The second-order valence-corrected chi connectivity index (χ2v) is 4.14. The zero-order valence-corrected chi connectivity index (χ0v) is 10.3. The number of methoxy groups -OCH3 is 1. The van der Waals surface area contributed by atoms with Gasteiger partial charge in [0.25, 0.3) is 0 Å². The van der Waals surface area contributed by atoms with Gasteiger partial charge < -0.3 is 20.5 Å². The van der Waals surface area contributed by atoms with E-state index in [9.17, 15) is 14.4 Å². The van der Waals surface area contributed by atoms with Crippen LogP contribution in [0.3, 0.4) is 0 Å². The molecule has 0 spiro atoms. The highest BCUT2D eigenvalue weighted by Crippen LogP contribution is 2.12. The molecule has 0 aromatic carbocycles. The maximum atomic E-state index is 11.8. The van der Waals surface area contributed by atoms with E-state index < -0.39 is 17.9 Å². The highest BCUT2D eigenvalue weighted by molar-refractivity contribution is 5.88. The monoisotopic (exact) mass is 258 g/mol. The smallest absolute Gasteiger partial charge is 0.305 e. The average molecular weight is 258 g/mol. The number of nitrogens with one attached hydrogen (secondary N) is 1. The normalized spacial score (nSPS) is 20.2. The molecule has 18 heavy (non-hydrogen) atoms. The van der Waals surface area contributed by atoms with Gasteiger partial charge in [-0.25, -0.2) is 0 Å². The molecule has 0 saturated carbocycles. The molecule has 0 aliphatic carbocycles. The van der Waals surface area contributed by atoms with Gasteiger partial charge in [0.2, 0.25) is 11.8 Å². The van der Waals surface area contributed by atoms with Gasteiger partial charge in [0.05, 0.1) is 19.6 Å². The number of ether oxygens (including phenoxy) is 2. The molecule has 1 aliphatic rings. The molecule has 1 rings (SSSR count). The molecule has 0 radical (unpaired) electrons. The van der Waals surface area contributed by atoms with Crippen molar-refractivity contribution in [3.8, 4) is 0 Å². The minimum Gasteiger partial charge on any atom is -0.469 e. The Kier molecular flexibility index (Phi) is 5.57. The van der Waals surface area contributed by atoms with Crippen molar-refractivity contribution in [2.75, 3.05) is 20.3 Å². The first kappa shape index (κ1) is 14.4. The van der Waals surface area contributed by atoms with Crippen molar-refractivity contribution in [2.45, 2.75) is 25.3 Å². The van der Waals surface area contributed by atoms with Gasteiger partial charge in [0.1, 0.15) is 6.04 Å². The standard InChI is InChI=1S/C11H18N2O5/c1-17-9(14)3-2-8(10(12)15)13-11(16)7-4-5-18-6-7/h7-8H,2-6H2,1H3,(H2,12,15)(H,13,16)/t7-,8+/m1/s1. The van der Waals surface area contributed by atoms with Crippen LogP contribution in [0.5, 0.6) is 0 Å². The molecule has 102 valence electrons. The van der Waals surface area contributed by atoms with Gasteiger partial charge in [0, 0.05) is 13.0 Å². The molecule has 1 aliphatic heterocycles. The Labute approximate surface area is 105 Å². The summed E-state index contributed by atoms with van der Waals surface area (Å²) >= 11 is 0. The first-order chi connectivity index (χ1) is 8.54. The van der Waals surface area contributed by atoms with E-state index in [1.54, 1.807) is 0 Å². The first-order valence-corrected chi connectivity index (χ1v) is 5.79. The predicted molar refractivity (Wildman–Crippen MR) is 61.3 cm³/mol. The molecule has 0 aromatic rings. The summed E-state index contributed by atoms with van der Waals surface area (Å²) in [6.45, 7) is 0.899. The number of esters is 1. The number of carbonyl (C=O) groups is 3. The van der Waals surface area contributed by atoms with Gasteiger partial charge in [-0.3, -0.25) is 14.4 Å². The molecule has 0 unspecified atom stereocenters. The minimum atomic E-state index is -0.850. The van der Waals surface area contributed by atoms with Crippen LogP contribution in [0.15, 0.2) is 0 Å². The van der Waals surface area contributed by atoms with Crippen molar-refractivity contribution in [1.82, 2.24) is 5.32 Å². The van der Waals surface area contributed by atoms with E-state index in [1.807, 2.05) is 0 Å². The van der Waals surface area contributed by atoms with Crippen LogP contribution < -0.4 is 11.1 Å². The summed E-state index contributed by atoms with van der Waals surface area (Å²) < 4.78 is 9.55. The molecule has 7 nitrogen and oxygen atoms in total. The van der Waals surface area contributed by atoms with Gasteiger partial charge in [-0.1, -0.05) is 0 Å². The highest BCUT2D eigenvalue weighted by Gasteiger charge is 2.27. The second kappa shape index (κ2) is 6.95. The van der Waals surface area contributed by atoms with E-state index in [2.05, 4.69) is 10.1 Å². The molecule has 3 N–H and O–H groups in total. The highest BCUT2D eigenvalue weighted by atomic mass is 16.5. The summed E-state index contributed by atoms with van der Waals surface area (Å²) in [7, 11) is 1.26. The summed E-state index contributed by atoms with van der Waals surface area (Å²) in [6, 6.07) is -0.850. The van der Waals surface area contributed by atoms with E-state index in [1.165, 1.54) is 7.11 Å². The third-order valence-electron chi connectivity index (χ3n) is 2.83. The summed E-state index contributed by atoms with van der Waals surface area (Å²) in [4.78, 5) is 33.9. The molecule has 0 aromatic heterocycles. The van der Waals surface area contributed by atoms with Gasteiger partial charge in [-0.15, -0.1) is 0 Å². The molecule has 1 saturated heterocycles. The lowest BCUT2D eigenvalue weighted by atomic mass is 10.1. The molecule has 1 heterocycles. The van der Waals surface area contributed by atoms with Gasteiger partial charge in [-0.05, 0) is 12.8 Å². The van der Waals surface area contributed by atoms with Crippen LogP contribution in [0, 0.1) is 5.92 Å². The summed E-state index contributed by atoms with van der Waals surface area (Å²) in [6.07, 6.45) is 0.807. The lowest BCUT2D eigenvalue weighted by Gasteiger charge is -2.17. The van der Waals surface area contributed by atoms with E-state index in [0.29, 0.717) is 19.6 Å². The van der Waals surface area contributed by atoms with Gasteiger partial charge >= 0.3 is 5.97 Å². The lowest BCUT2D eigenvalue weighted by molar-refractivity contribution is -0.141. The van der Waals surface area contributed by atoms with Crippen LogP contribution in [-0.2, 0) is 23.9 Å². The van der Waals surface area contributed by atoms with Crippen molar-refractivity contribution >= 4 is 17.8 Å². The summed E-state index contributed by atoms with van der Waals surface area (Å²) in [5.41, 5.74) is 5.17. The van der Waals surface area contributed by atoms with Crippen LogP contribution in [0.25, 0.3) is 0 Å². The Morgan fingerprint density at radius 3 is 2.72 bits per heavy atom. The fourth-order valence-corrected chi connectivity index (χ4v) is 1.68. The number of primary amides is 1. The maximum absolute atomic E-state index is 11.8. The Morgan fingerprint density at radius 1 is 1.50 bits per heavy atom. The van der Waals surface area contributed by atoms with Crippen LogP contribution in [0.1, 0.15) is 19.3 Å². The van der Waals surface area contributed by atoms with E-state index in [4.69, 9.17) is 10.5 Å². The topological polar surface area (TPSA) is 108 Å². The van der Waals surface area contributed by atoms with Gasteiger partial charge in [-0.2, -0.15) is 0 Å². The largest absolute Gasteiger partial charge is 0.469 e. The lowest BCUT2D eigenvalue weighted by Crippen LogP contribution is -2.47. The SMILES string of the molecule is COC(=O)CC[C@H](NC(=O)[C@@H]1CCOC1)C(N)=O. The first-order valence-electron chi connectivity index (χ1n) is 5.79. The number of nitrogens with two attached hydrogens (primary N) is 1. The Morgan fingerprint density at radius 2 is 2.22 bits per heavy atom. The van der Waals surface area contributed by atoms with Gasteiger partial charge in [0.15, 0.2) is 0 Å². The molecule has 2 atom stereocenters. The third-order valence-corrected chi connectivity index (χ3v) is 2.83. The zero-order chi connectivity index (χ0) is 13.5. The Bertz CT molecular complexity index is 325. The molecule has 2 amide bonds. The van der Waals surface area contributed by atoms with E-state index >= 15 is 0 Å². The van der Waals surface area contributed by atoms with Crippen molar-refractivity contribution in [3.63, 3.8) is 0 Å². The van der Waals surface area contributed by atoms with E-state index in [0.717, 1.165) is 0 Å². The Balaban J connectivity index is 2.44. The third kappa shape index (κ3) is 4.33. The maximum Gasteiger partial charge on any atom is 0.305 e. The zero-order valence-electron chi connectivity index (χ0n) is 10.3. The summed E-state index contributed by atoms with van der Waals surface area (Å²) in [5, 5.41) is 2.54. The number of hydrogen-bond acceptors (Lipinski definition) is 5. The molecule has 1 fully saturated rings. The number of hydrogen-bond donors (Lipinski definition) is 2. The average Bonchev–Trinajstić information content (AvgIpc) is 2.87. The van der Waals surface area contributed by atoms with Crippen LogP contribution in [0.2, 0.25) is 0 Å². The predicted octanol–water partition coefficient (Wildman–Crippen LogP) is -1.05. The molecule has 0 bridgehead atoms. The van der Waals surface area contributed by atoms with Crippen LogP contribution in [0.4, 0.5) is 0 Å². The fraction of sp³-hybridized carbons (Fsp3) is 0.727. The van der Waals surface area contributed by atoms with E-state index in [-0.39, 0.29) is 24.7 Å². The molecule has 7 heteroatoms. The van der Waals surface area contributed by atoms with Crippen molar-refractivity contribution in [1.29, 1.82) is 0 Å². The fourth-order valence-electron chi connectivity index (χ4n) is 1.68. The van der Waals surface area contributed by atoms with Crippen LogP contribution >= 0.6 is 0 Å². The Hall–Kier alpha value is -1.63. The summed E-state index contributed by atoms with van der Waals surface area (Å²) in [5.74, 6) is -1.61. The van der Waals surface area contributed by atoms with Crippen LogP contribution in [-0.4, -0.2) is 44.1 Å². The second-order valence-electron chi connectivity index (χ2n) is 4.14. The minimum absolute atomic E-state index is 0.0333. The van der Waals surface area contributed by atoms with Crippen molar-refractivity contribution < 1.29 is 23.9 Å². The number of amides is 2. The van der Waals surface area contributed by atoms with Crippen molar-refractivity contribution in [3.05, 3.63) is 0 Å². The van der Waals surface area contributed by atoms with Crippen molar-refractivity contribution in [2.24, 2.45) is 11.7 Å². The number of rotatable bonds is 6. The molecular weight excluding hydrogens is 240 g/mol. The number of carbonyl (C=O) groups excluding carboxylic acids is 3. The quantitative estimate of drug-likeness (QED) is 0.591. The molecular formula is C11H18N2O5.